The quantitative estimate of drug-likeness (QED) is 0.577. The number of hydrogen-bond acceptors (Lipinski definition) is 4. The van der Waals surface area contributed by atoms with E-state index >= 15 is 0 Å². The lowest BCUT2D eigenvalue weighted by atomic mass is 10.2. The Morgan fingerprint density at radius 2 is 1.92 bits per heavy atom. The van der Waals surface area contributed by atoms with E-state index in [1.54, 1.807) is 0 Å². The van der Waals surface area contributed by atoms with Crippen molar-refractivity contribution in [3.8, 4) is 11.5 Å². The maximum absolute atomic E-state index is 9.10. The van der Waals surface area contributed by atoms with E-state index in [1.807, 2.05) is 35.9 Å². The minimum atomic E-state index is 0.120. The number of hydrogen-bond donors (Lipinski definition) is 1. The van der Waals surface area contributed by atoms with Crippen molar-refractivity contribution in [3.05, 3.63) is 41.8 Å². The molecule has 1 aromatic rings. The molecule has 0 saturated heterocycles. The first kappa shape index (κ1) is 16.5. The fourth-order valence-corrected chi connectivity index (χ4v) is 2.90. The maximum Gasteiger partial charge on any atom is 0.203 e. The van der Waals surface area contributed by atoms with Gasteiger partial charge in [-0.2, -0.15) is 0 Å². The number of anilines is 1. The normalized spacial score (nSPS) is 12.7. The lowest BCUT2D eigenvalue weighted by Crippen LogP contribution is -2.28. The molecule has 0 atom stereocenters. The molecule has 0 unspecified atom stereocenters. The van der Waals surface area contributed by atoms with Crippen molar-refractivity contribution in [1.82, 2.24) is 9.56 Å². The molecule has 2 aliphatic rings. The fourth-order valence-electron chi connectivity index (χ4n) is 2.90. The third kappa shape index (κ3) is 3.12. The molecule has 5 nitrogen and oxygen atoms in total. The SMILES string of the molecule is CCN(CC)c1ccc2nc3ccc(=[N+](C)CCO)cc-3oc2c1. The Hall–Kier alpha value is -2.40. The molecule has 1 aliphatic heterocycles. The monoisotopic (exact) mass is 326 g/mol. The van der Waals surface area contributed by atoms with E-state index in [2.05, 4.69) is 30.9 Å². The van der Waals surface area contributed by atoms with Crippen LogP contribution < -0.4 is 14.8 Å². The highest BCUT2D eigenvalue weighted by Gasteiger charge is 2.12. The zero-order valence-electron chi connectivity index (χ0n) is 14.5. The Balaban J connectivity index is 2.16. The predicted molar refractivity (Wildman–Crippen MR) is 97.3 cm³/mol. The van der Waals surface area contributed by atoms with Gasteiger partial charge in [-0.15, -0.1) is 0 Å². The van der Waals surface area contributed by atoms with Crippen molar-refractivity contribution < 1.29 is 9.52 Å². The first-order chi connectivity index (χ1) is 11.7. The van der Waals surface area contributed by atoms with E-state index in [0.29, 0.717) is 6.54 Å². The van der Waals surface area contributed by atoms with Gasteiger partial charge >= 0.3 is 0 Å². The van der Waals surface area contributed by atoms with E-state index < -0.39 is 0 Å². The Morgan fingerprint density at radius 3 is 2.62 bits per heavy atom. The first-order valence-electron chi connectivity index (χ1n) is 8.41. The van der Waals surface area contributed by atoms with Gasteiger partial charge in [-0.05, 0) is 32.0 Å². The molecule has 1 aromatic carbocycles. The minimum Gasteiger partial charge on any atom is -0.452 e. The molecule has 0 saturated carbocycles. The third-order valence-electron chi connectivity index (χ3n) is 4.35. The lowest BCUT2D eigenvalue weighted by molar-refractivity contribution is 0.287. The van der Waals surface area contributed by atoms with Gasteiger partial charge in [0.1, 0.15) is 24.9 Å². The molecule has 3 rings (SSSR count). The number of aliphatic hydroxyl groups excluding tert-OH is 1. The van der Waals surface area contributed by atoms with E-state index in [-0.39, 0.29) is 6.61 Å². The van der Waals surface area contributed by atoms with Gasteiger partial charge in [-0.3, -0.25) is 0 Å². The number of benzene rings is 2. The highest BCUT2D eigenvalue weighted by molar-refractivity contribution is 5.80. The van der Waals surface area contributed by atoms with Crippen LogP contribution in [0.5, 0.6) is 0 Å². The Kier molecular flexibility index (Phi) is 4.81. The molecular weight excluding hydrogens is 302 g/mol. The van der Waals surface area contributed by atoms with Crippen molar-refractivity contribution in [1.29, 1.82) is 0 Å². The molecule has 0 amide bonds. The second-order valence-corrected chi connectivity index (χ2v) is 5.84. The smallest absolute Gasteiger partial charge is 0.203 e. The molecule has 1 heterocycles. The summed E-state index contributed by atoms with van der Waals surface area (Å²) < 4.78 is 8.11. The minimum absolute atomic E-state index is 0.120. The fraction of sp³-hybridized carbons (Fsp3) is 0.368. The molecule has 126 valence electrons. The summed E-state index contributed by atoms with van der Waals surface area (Å²) in [4.78, 5) is 6.98. The molecule has 1 aliphatic carbocycles. The molecule has 0 radical (unpaired) electrons. The first-order valence-corrected chi connectivity index (χ1v) is 8.41. The summed E-state index contributed by atoms with van der Waals surface area (Å²) in [5.41, 5.74) is 3.62. The van der Waals surface area contributed by atoms with Crippen LogP contribution in [0.25, 0.3) is 22.6 Å². The van der Waals surface area contributed by atoms with Crippen LogP contribution in [0.3, 0.4) is 0 Å². The van der Waals surface area contributed by atoms with Crippen LogP contribution in [0.1, 0.15) is 13.8 Å². The van der Waals surface area contributed by atoms with Crippen molar-refractivity contribution in [2.45, 2.75) is 13.8 Å². The molecule has 1 N–H and O–H groups in total. The molecule has 0 spiro atoms. The largest absolute Gasteiger partial charge is 0.452 e. The number of nitrogens with zero attached hydrogens (tertiary/aromatic N) is 3. The van der Waals surface area contributed by atoms with Gasteiger partial charge in [0, 0.05) is 30.9 Å². The second kappa shape index (κ2) is 7.01. The second-order valence-electron chi connectivity index (χ2n) is 5.84. The van der Waals surface area contributed by atoms with E-state index in [0.717, 1.165) is 46.7 Å². The van der Waals surface area contributed by atoms with Crippen LogP contribution >= 0.6 is 0 Å². The van der Waals surface area contributed by atoms with Crippen molar-refractivity contribution in [2.75, 3.05) is 38.2 Å². The summed E-state index contributed by atoms with van der Waals surface area (Å²) in [6, 6.07) is 12.1. The Morgan fingerprint density at radius 1 is 1.12 bits per heavy atom. The summed E-state index contributed by atoms with van der Waals surface area (Å²) >= 11 is 0. The van der Waals surface area contributed by atoms with E-state index in [4.69, 9.17) is 14.5 Å². The summed E-state index contributed by atoms with van der Waals surface area (Å²) in [6.07, 6.45) is 0. The van der Waals surface area contributed by atoms with Gasteiger partial charge in [-0.25, -0.2) is 9.56 Å². The summed E-state index contributed by atoms with van der Waals surface area (Å²) in [5.74, 6) is 0.751. The molecule has 24 heavy (non-hydrogen) atoms. The van der Waals surface area contributed by atoms with Crippen molar-refractivity contribution in [2.24, 2.45) is 0 Å². The van der Waals surface area contributed by atoms with Gasteiger partial charge in [-0.1, -0.05) is 0 Å². The van der Waals surface area contributed by atoms with Crippen LogP contribution in [0.15, 0.2) is 40.8 Å². The Bertz CT molecular complexity index is 881. The number of likely N-dealkylation sites (N-methyl/N-ethyl adjacent to an activating group) is 1. The molecule has 0 bridgehead atoms. The number of fused-ring (bicyclic) bond motifs is 2. The average molecular weight is 326 g/mol. The van der Waals surface area contributed by atoms with E-state index in [1.165, 1.54) is 0 Å². The van der Waals surface area contributed by atoms with E-state index in [9.17, 15) is 0 Å². The van der Waals surface area contributed by atoms with Crippen LogP contribution in [-0.4, -0.2) is 43.4 Å². The number of aliphatic hydroxyl groups is 1. The maximum atomic E-state index is 9.10. The topological polar surface area (TPSA) is 52.5 Å². The van der Waals surface area contributed by atoms with Gasteiger partial charge in [0.2, 0.25) is 5.36 Å². The number of aromatic nitrogens is 1. The van der Waals surface area contributed by atoms with Crippen LogP contribution in [0, 0.1) is 0 Å². The average Bonchev–Trinajstić information content (AvgIpc) is 2.60. The lowest BCUT2D eigenvalue weighted by Gasteiger charge is -2.21. The van der Waals surface area contributed by atoms with Crippen molar-refractivity contribution >= 4 is 16.8 Å². The Labute approximate surface area is 141 Å². The highest BCUT2D eigenvalue weighted by atomic mass is 16.3. The summed E-state index contributed by atoms with van der Waals surface area (Å²) in [6.45, 7) is 6.91. The van der Waals surface area contributed by atoms with Crippen LogP contribution in [0.2, 0.25) is 0 Å². The molecule has 0 fully saturated rings. The zero-order chi connectivity index (χ0) is 17.1. The van der Waals surface area contributed by atoms with Crippen molar-refractivity contribution in [3.63, 3.8) is 0 Å². The summed E-state index contributed by atoms with van der Waals surface area (Å²) in [7, 11) is 1.95. The van der Waals surface area contributed by atoms with Crippen LogP contribution in [-0.2, 0) is 0 Å². The predicted octanol–water partition coefficient (Wildman–Crippen LogP) is 2.17. The van der Waals surface area contributed by atoms with Gasteiger partial charge in [0.15, 0.2) is 17.9 Å². The molecule has 0 aromatic heterocycles. The molecule has 5 heteroatoms. The third-order valence-corrected chi connectivity index (χ3v) is 4.35. The summed E-state index contributed by atoms with van der Waals surface area (Å²) in [5, 5.41) is 10.1. The van der Waals surface area contributed by atoms with Gasteiger partial charge in [0.25, 0.3) is 0 Å². The zero-order valence-corrected chi connectivity index (χ0v) is 14.5. The standard InChI is InChI=1S/C19H24N3O2/c1-4-22(5-2)15-7-9-17-19(13-15)24-18-12-14(21(3)10-11-23)6-8-16(18)20-17/h6-9,12-13,23H,4-5,10-11H2,1-3H3/q+1. The van der Waals surface area contributed by atoms with Crippen LogP contribution in [0.4, 0.5) is 5.69 Å². The highest BCUT2D eigenvalue weighted by Crippen LogP contribution is 2.26. The van der Waals surface area contributed by atoms with Gasteiger partial charge in [0.05, 0.1) is 6.07 Å². The number of rotatable bonds is 5. The molecular formula is C19H24N3O2+. The van der Waals surface area contributed by atoms with Gasteiger partial charge < -0.3 is 14.4 Å².